The zero-order chi connectivity index (χ0) is 13.5. The topological polar surface area (TPSA) is 15.3 Å². The second kappa shape index (κ2) is 7.54. The fourth-order valence-electron chi connectivity index (χ4n) is 3.07. The summed E-state index contributed by atoms with van der Waals surface area (Å²) in [5, 5.41) is 3.54. The van der Waals surface area contributed by atoms with Crippen molar-refractivity contribution >= 4 is 5.69 Å². The van der Waals surface area contributed by atoms with Gasteiger partial charge in [0.05, 0.1) is 0 Å². The number of hydrogen-bond acceptors (Lipinski definition) is 2. The maximum absolute atomic E-state index is 3.54. The van der Waals surface area contributed by atoms with Crippen molar-refractivity contribution in [3.8, 4) is 0 Å². The molecule has 1 saturated heterocycles. The van der Waals surface area contributed by atoms with Crippen molar-refractivity contribution in [3.05, 3.63) is 30.3 Å². The van der Waals surface area contributed by atoms with Gasteiger partial charge in [-0.25, -0.2) is 0 Å². The summed E-state index contributed by atoms with van der Waals surface area (Å²) in [6.07, 6.45) is 4.06. The van der Waals surface area contributed by atoms with Gasteiger partial charge in [0.2, 0.25) is 0 Å². The first-order valence-corrected chi connectivity index (χ1v) is 7.82. The van der Waals surface area contributed by atoms with Crippen LogP contribution in [0.2, 0.25) is 0 Å². The molecule has 1 aromatic rings. The summed E-state index contributed by atoms with van der Waals surface area (Å²) in [4.78, 5) is 2.49. The van der Waals surface area contributed by atoms with E-state index in [4.69, 9.17) is 0 Å². The molecule has 0 aromatic heterocycles. The Hall–Kier alpha value is -1.02. The van der Waals surface area contributed by atoms with E-state index in [1.165, 1.54) is 44.6 Å². The first-order chi connectivity index (χ1) is 9.31. The number of anilines is 1. The zero-order valence-electron chi connectivity index (χ0n) is 12.4. The number of piperidine rings is 1. The molecular weight excluding hydrogens is 232 g/mol. The van der Waals surface area contributed by atoms with Crippen molar-refractivity contribution in [1.82, 2.24) is 5.32 Å². The summed E-state index contributed by atoms with van der Waals surface area (Å²) in [6.45, 7) is 9.39. The molecule has 0 radical (unpaired) electrons. The van der Waals surface area contributed by atoms with Gasteiger partial charge in [0.15, 0.2) is 0 Å². The Balaban J connectivity index is 1.82. The Bertz CT molecular complexity index is 344. The molecule has 1 N–H and O–H groups in total. The predicted molar refractivity (Wildman–Crippen MR) is 83.7 cm³/mol. The van der Waals surface area contributed by atoms with Crippen molar-refractivity contribution in [2.75, 3.05) is 31.1 Å². The van der Waals surface area contributed by atoms with Crippen LogP contribution in [0.25, 0.3) is 0 Å². The summed E-state index contributed by atoms with van der Waals surface area (Å²) in [7, 11) is 0. The van der Waals surface area contributed by atoms with Gasteiger partial charge in [0.1, 0.15) is 0 Å². The fraction of sp³-hybridized carbons (Fsp3) is 0.647. The maximum Gasteiger partial charge on any atom is 0.0366 e. The van der Waals surface area contributed by atoms with Crippen molar-refractivity contribution in [2.45, 2.75) is 33.1 Å². The van der Waals surface area contributed by atoms with Crippen molar-refractivity contribution < 1.29 is 0 Å². The average Bonchev–Trinajstić information content (AvgIpc) is 2.49. The highest BCUT2D eigenvalue weighted by Crippen LogP contribution is 2.23. The molecule has 2 rings (SSSR count). The quantitative estimate of drug-likeness (QED) is 0.841. The molecule has 0 spiro atoms. The molecule has 0 saturated carbocycles. The van der Waals surface area contributed by atoms with Crippen molar-refractivity contribution in [3.63, 3.8) is 0 Å². The summed E-state index contributed by atoms with van der Waals surface area (Å²) in [6, 6.07) is 10.8. The highest BCUT2D eigenvalue weighted by Gasteiger charge is 2.20. The van der Waals surface area contributed by atoms with E-state index in [9.17, 15) is 0 Å². The number of nitrogens with one attached hydrogen (secondary N) is 1. The van der Waals surface area contributed by atoms with E-state index in [2.05, 4.69) is 54.4 Å². The van der Waals surface area contributed by atoms with Crippen LogP contribution in [-0.2, 0) is 0 Å². The van der Waals surface area contributed by atoms with Gasteiger partial charge in [-0.05, 0) is 63.2 Å². The van der Waals surface area contributed by atoms with E-state index in [0.29, 0.717) is 0 Å². The third-order valence-corrected chi connectivity index (χ3v) is 4.50. The first kappa shape index (κ1) is 14.4. The molecule has 1 aliphatic rings. The van der Waals surface area contributed by atoms with E-state index < -0.39 is 0 Å². The molecule has 1 aromatic carbocycles. The van der Waals surface area contributed by atoms with Gasteiger partial charge >= 0.3 is 0 Å². The minimum absolute atomic E-state index is 0.825. The van der Waals surface area contributed by atoms with Crippen LogP contribution in [0.1, 0.15) is 33.1 Å². The molecule has 2 nitrogen and oxygen atoms in total. The van der Waals surface area contributed by atoms with Crippen LogP contribution < -0.4 is 10.2 Å². The van der Waals surface area contributed by atoms with Gasteiger partial charge in [-0.15, -0.1) is 0 Å². The average molecular weight is 260 g/mol. The van der Waals surface area contributed by atoms with Crippen LogP contribution in [0.15, 0.2) is 30.3 Å². The molecule has 0 bridgehead atoms. The van der Waals surface area contributed by atoms with E-state index in [-0.39, 0.29) is 0 Å². The third kappa shape index (κ3) is 4.24. The summed E-state index contributed by atoms with van der Waals surface area (Å²) in [5.74, 6) is 1.70. The Morgan fingerprint density at radius 1 is 1.32 bits per heavy atom. The second-order valence-corrected chi connectivity index (χ2v) is 5.79. The number of para-hydroxylation sites is 1. The van der Waals surface area contributed by atoms with E-state index in [0.717, 1.165) is 18.4 Å². The van der Waals surface area contributed by atoms with E-state index in [1.807, 2.05) is 0 Å². The smallest absolute Gasteiger partial charge is 0.0366 e. The molecule has 106 valence electrons. The number of benzene rings is 1. The molecule has 19 heavy (non-hydrogen) atoms. The van der Waals surface area contributed by atoms with Crippen LogP contribution in [0.5, 0.6) is 0 Å². The minimum Gasteiger partial charge on any atom is -0.372 e. The fourth-order valence-corrected chi connectivity index (χ4v) is 3.07. The third-order valence-electron chi connectivity index (χ3n) is 4.50. The standard InChI is InChI=1S/C17H28N2/c1-3-19(17-9-5-4-6-10-17)13-11-15(2)16-8-7-12-18-14-16/h4-6,9-10,15-16,18H,3,7-8,11-14H2,1-2H3. The van der Waals surface area contributed by atoms with Gasteiger partial charge in [-0.1, -0.05) is 25.1 Å². The van der Waals surface area contributed by atoms with E-state index >= 15 is 0 Å². The number of rotatable bonds is 6. The molecule has 2 heteroatoms. The maximum atomic E-state index is 3.54. The Morgan fingerprint density at radius 2 is 2.11 bits per heavy atom. The SMILES string of the molecule is CCN(CCC(C)C1CCCNC1)c1ccccc1. The highest BCUT2D eigenvalue weighted by atomic mass is 15.1. The Kier molecular flexibility index (Phi) is 5.71. The van der Waals surface area contributed by atoms with Crippen LogP contribution >= 0.6 is 0 Å². The molecule has 1 fully saturated rings. The molecule has 1 heterocycles. The number of nitrogens with zero attached hydrogens (tertiary/aromatic N) is 1. The lowest BCUT2D eigenvalue weighted by atomic mass is 9.85. The minimum atomic E-state index is 0.825. The normalized spacial score (nSPS) is 21.1. The molecular formula is C17H28N2. The molecule has 0 amide bonds. The Morgan fingerprint density at radius 3 is 2.74 bits per heavy atom. The molecule has 2 unspecified atom stereocenters. The largest absolute Gasteiger partial charge is 0.372 e. The van der Waals surface area contributed by atoms with Gasteiger partial charge in [-0.2, -0.15) is 0 Å². The van der Waals surface area contributed by atoms with Crippen molar-refractivity contribution in [1.29, 1.82) is 0 Å². The van der Waals surface area contributed by atoms with Crippen molar-refractivity contribution in [2.24, 2.45) is 11.8 Å². The zero-order valence-corrected chi connectivity index (χ0v) is 12.4. The van der Waals surface area contributed by atoms with Gasteiger partial charge in [0, 0.05) is 18.8 Å². The second-order valence-electron chi connectivity index (χ2n) is 5.79. The predicted octanol–water partition coefficient (Wildman–Crippen LogP) is 3.54. The summed E-state index contributed by atoms with van der Waals surface area (Å²) in [5.41, 5.74) is 1.36. The monoisotopic (exact) mass is 260 g/mol. The summed E-state index contributed by atoms with van der Waals surface area (Å²) >= 11 is 0. The van der Waals surface area contributed by atoms with Gasteiger partial charge in [0.25, 0.3) is 0 Å². The van der Waals surface area contributed by atoms with Crippen LogP contribution in [0.4, 0.5) is 5.69 Å². The lowest BCUT2D eigenvalue weighted by Gasteiger charge is -2.31. The van der Waals surface area contributed by atoms with Crippen LogP contribution in [0.3, 0.4) is 0 Å². The molecule has 2 atom stereocenters. The number of hydrogen-bond donors (Lipinski definition) is 1. The van der Waals surface area contributed by atoms with E-state index in [1.54, 1.807) is 0 Å². The van der Waals surface area contributed by atoms with Crippen LogP contribution in [0, 0.1) is 11.8 Å². The first-order valence-electron chi connectivity index (χ1n) is 7.82. The lowest BCUT2D eigenvalue weighted by Crippen LogP contribution is -2.35. The van der Waals surface area contributed by atoms with Gasteiger partial charge in [-0.3, -0.25) is 0 Å². The lowest BCUT2D eigenvalue weighted by molar-refractivity contribution is 0.269. The molecule has 0 aliphatic carbocycles. The van der Waals surface area contributed by atoms with Crippen LogP contribution in [-0.4, -0.2) is 26.2 Å². The summed E-state index contributed by atoms with van der Waals surface area (Å²) < 4.78 is 0. The molecule has 1 aliphatic heterocycles. The van der Waals surface area contributed by atoms with Gasteiger partial charge < -0.3 is 10.2 Å². The Labute approximate surface area is 118 Å². The highest BCUT2D eigenvalue weighted by molar-refractivity contribution is 5.45.